The third kappa shape index (κ3) is 5.47. The molecule has 0 aliphatic heterocycles. The Morgan fingerprint density at radius 3 is 2.33 bits per heavy atom. The van der Waals surface area contributed by atoms with Crippen LogP contribution in [0.25, 0.3) is 0 Å². The molecule has 108 valence electrons. The summed E-state index contributed by atoms with van der Waals surface area (Å²) >= 11 is 3.40. The van der Waals surface area contributed by atoms with Crippen molar-refractivity contribution in [1.82, 2.24) is 0 Å². The van der Waals surface area contributed by atoms with Crippen LogP contribution in [0.5, 0.6) is 0 Å². The van der Waals surface area contributed by atoms with Gasteiger partial charge in [0.1, 0.15) is 0 Å². The highest BCUT2D eigenvalue weighted by molar-refractivity contribution is 9.09. The second-order valence-corrected chi connectivity index (χ2v) is 5.82. The predicted molar refractivity (Wildman–Crippen MR) is 70.0 cm³/mol. The first-order valence-corrected chi connectivity index (χ1v) is 7.79. The molecular weight excluding hydrogens is 309 g/mol. The van der Waals surface area contributed by atoms with Crippen molar-refractivity contribution in [2.75, 3.05) is 11.9 Å². The van der Waals surface area contributed by atoms with Crippen molar-refractivity contribution in [3.63, 3.8) is 0 Å². The maximum absolute atomic E-state index is 12.1. The Morgan fingerprint density at radius 2 is 1.89 bits per heavy atom. The Kier molecular flexibility index (Phi) is 6.45. The minimum absolute atomic E-state index is 0.215. The van der Waals surface area contributed by atoms with Crippen LogP contribution in [-0.2, 0) is 4.74 Å². The van der Waals surface area contributed by atoms with Crippen LogP contribution < -0.4 is 0 Å². The molecule has 0 bridgehead atoms. The summed E-state index contributed by atoms with van der Waals surface area (Å²) in [6.07, 6.45) is 1.34. The van der Waals surface area contributed by atoms with Crippen molar-refractivity contribution >= 4 is 15.9 Å². The summed E-state index contributed by atoms with van der Waals surface area (Å²) in [5.74, 6) is 0.730. The van der Waals surface area contributed by atoms with Crippen LogP contribution in [0, 0.1) is 5.92 Å². The van der Waals surface area contributed by atoms with Gasteiger partial charge in [0, 0.05) is 5.33 Å². The van der Waals surface area contributed by atoms with Crippen LogP contribution in [0.2, 0.25) is 0 Å². The summed E-state index contributed by atoms with van der Waals surface area (Å²) < 4.78 is 41.9. The highest BCUT2D eigenvalue weighted by Crippen LogP contribution is 2.38. The first-order chi connectivity index (χ1) is 8.41. The van der Waals surface area contributed by atoms with Gasteiger partial charge in [0.25, 0.3) is 0 Å². The molecule has 0 heterocycles. The van der Waals surface area contributed by atoms with Gasteiger partial charge in [0.05, 0.1) is 18.6 Å². The van der Waals surface area contributed by atoms with Crippen LogP contribution in [0.4, 0.5) is 13.2 Å². The highest BCUT2D eigenvalue weighted by Gasteiger charge is 2.36. The van der Waals surface area contributed by atoms with Gasteiger partial charge in [-0.2, -0.15) is 13.2 Å². The van der Waals surface area contributed by atoms with Crippen LogP contribution in [0.1, 0.15) is 51.9 Å². The van der Waals surface area contributed by atoms with E-state index in [-0.39, 0.29) is 12.2 Å². The quantitative estimate of drug-likeness (QED) is 0.617. The molecule has 0 N–H and O–H groups in total. The third-order valence-corrected chi connectivity index (χ3v) is 4.77. The molecule has 1 saturated carbocycles. The maximum atomic E-state index is 12.1. The maximum Gasteiger partial charge on any atom is 0.391 e. The van der Waals surface area contributed by atoms with E-state index in [1.165, 1.54) is 12.8 Å². The zero-order valence-electron chi connectivity index (χ0n) is 10.9. The number of rotatable bonds is 6. The Hall–Kier alpha value is 0.230. The fourth-order valence-electron chi connectivity index (χ4n) is 2.60. The molecule has 1 nitrogen and oxygen atoms in total. The van der Waals surface area contributed by atoms with Gasteiger partial charge in [0.15, 0.2) is 0 Å². The van der Waals surface area contributed by atoms with Crippen LogP contribution in [0.15, 0.2) is 0 Å². The highest BCUT2D eigenvalue weighted by atomic mass is 79.9. The summed E-state index contributed by atoms with van der Waals surface area (Å²) in [4.78, 5) is 0. The monoisotopic (exact) mass is 330 g/mol. The van der Waals surface area contributed by atoms with Crippen LogP contribution in [-0.4, -0.2) is 23.7 Å². The minimum atomic E-state index is -4.12. The Morgan fingerprint density at radius 1 is 1.28 bits per heavy atom. The summed E-state index contributed by atoms with van der Waals surface area (Å²) in [7, 11) is 0. The number of alkyl halides is 4. The molecule has 0 unspecified atom stereocenters. The molecule has 1 rings (SSSR count). The molecule has 1 aliphatic carbocycles. The van der Waals surface area contributed by atoms with Crippen molar-refractivity contribution in [2.45, 2.75) is 63.6 Å². The van der Waals surface area contributed by atoms with Crippen molar-refractivity contribution in [3.05, 3.63) is 0 Å². The number of ether oxygens (including phenoxy) is 1. The Bertz CT molecular complexity index is 235. The number of hydrogen-bond donors (Lipinski definition) is 0. The van der Waals surface area contributed by atoms with Crippen molar-refractivity contribution in [1.29, 1.82) is 0 Å². The molecule has 0 aromatic carbocycles. The lowest BCUT2D eigenvalue weighted by Gasteiger charge is -2.39. The second-order valence-electron chi connectivity index (χ2n) is 5.26. The molecule has 5 heteroatoms. The standard InChI is InChI=1S/C13H22BrF3O/c1-2-3-11-4-6-12(10-14,7-5-11)18-9-8-13(15,16)17/h11H,2-10H2,1H3. The van der Waals surface area contributed by atoms with Gasteiger partial charge in [-0.3, -0.25) is 0 Å². The van der Waals surface area contributed by atoms with Crippen molar-refractivity contribution < 1.29 is 17.9 Å². The molecule has 0 spiro atoms. The van der Waals surface area contributed by atoms with E-state index < -0.39 is 12.6 Å². The van der Waals surface area contributed by atoms with Crippen LogP contribution in [0.3, 0.4) is 0 Å². The Balaban J connectivity index is 2.36. The van der Waals surface area contributed by atoms with E-state index in [1.54, 1.807) is 0 Å². The summed E-state index contributed by atoms with van der Waals surface area (Å²) in [6.45, 7) is 1.96. The number of hydrogen-bond acceptors (Lipinski definition) is 1. The summed E-state index contributed by atoms with van der Waals surface area (Å²) in [5, 5.41) is 0.636. The zero-order chi connectivity index (χ0) is 13.6. The molecule has 0 radical (unpaired) electrons. The Labute approximate surface area is 116 Å². The largest absolute Gasteiger partial charge is 0.391 e. The van der Waals surface area contributed by atoms with Gasteiger partial charge in [0.2, 0.25) is 0 Å². The smallest absolute Gasteiger partial charge is 0.374 e. The van der Waals surface area contributed by atoms with E-state index in [1.807, 2.05) is 0 Å². The lowest BCUT2D eigenvalue weighted by atomic mass is 9.78. The predicted octanol–water partition coefficient (Wildman–Crippen LogP) is 5.08. The van der Waals surface area contributed by atoms with E-state index in [9.17, 15) is 13.2 Å². The average Bonchev–Trinajstić information content (AvgIpc) is 2.30. The molecule has 0 aromatic heterocycles. The van der Waals surface area contributed by atoms with Gasteiger partial charge < -0.3 is 4.74 Å². The summed E-state index contributed by atoms with van der Waals surface area (Å²) in [5.41, 5.74) is -0.366. The second kappa shape index (κ2) is 7.13. The lowest BCUT2D eigenvalue weighted by molar-refractivity contribution is -0.160. The van der Waals surface area contributed by atoms with E-state index in [0.29, 0.717) is 5.33 Å². The molecule has 18 heavy (non-hydrogen) atoms. The number of halogens is 4. The van der Waals surface area contributed by atoms with E-state index >= 15 is 0 Å². The van der Waals surface area contributed by atoms with Gasteiger partial charge in [-0.05, 0) is 31.6 Å². The molecule has 0 atom stereocenters. The first kappa shape index (κ1) is 16.3. The fourth-order valence-corrected chi connectivity index (χ4v) is 3.32. The molecule has 0 saturated heterocycles. The normalized spacial score (nSPS) is 29.5. The molecular formula is C13H22BrF3O. The van der Waals surface area contributed by atoms with Gasteiger partial charge >= 0.3 is 6.18 Å². The van der Waals surface area contributed by atoms with Gasteiger partial charge in [-0.25, -0.2) is 0 Å². The zero-order valence-corrected chi connectivity index (χ0v) is 12.4. The van der Waals surface area contributed by atoms with Crippen molar-refractivity contribution in [2.24, 2.45) is 5.92 Å². The molecule has 0 aromatic rings. The van der Waals surface area contributed by atoms with Crippen LogP contribution >= 0.6 is 15.9 Å². The fraction of sp³-hybridized carbons (Fsp3) is 1.00. The molecule has 0 amide bonds. The van der Waals surface area contributed by atoms with Gasteiger partial charge in [-0.1, -0.05) is 35.7 Å². The average molecular weight is 331 g/mol. The topological polar surface area (TPSA) is 9.23 Å². The van der Waals surface area contributed by atoms with Crippen molar-refractivity contribution in [3.8, 4) is 0 Å². The van der Waals surface area contributed by atoms with E-state index in [0.717, 1.165) is 31.6 Å². The van der Waals surface area contributed by atoms with Gasteiger partial charge in [-0.15, -0.1) is 0 Å². The summed E-state index contributed by atoms with van der Waals surface area (Å²) in [6, 6.07) is 0. The molecule has 1 fully saturated rings. The molecule has 1 aliphatic rings. The van der Waals surface area contributed by atoms with E-state index in [4.69, 9.17) is 4.74 Å². The lowest BCUT2D eigenvalue weighted by Crippen LogP contribution is -2.39. The first-order valence-electron chi connectivity index (χ1n) is 6.67. The SMILES string of the molecule is CCCC1CCC(CBr)(OCCC(F)(F)F)CC1. The minimum Gasteiger partial charge on any atom is -0.374 e. The van der Waals surface area contributed by atoms with E-state index in [2.05, 4.69) is 22.9 Å². The third-order valence-electron chi connectivity index (χ3n) is 3.75.